The van der Waals surface area contributed by atoms with Crippen LogP contribution in [0.15, 0.2) is 54.6 Å². The minimum atomic E-state index is 0. The largest absolute Gasteiger partial charge is 0.307 e. The second-order valence-electron chi connectivity index (χ2n) is 6.71. The maximum atomic E-state index is 3.16. The minimum Gasteiger partial charge on any atom is -0.307 e. The summed E-state index contributed by atoms with van der Waals surface area (Å²) in [5.74, 6) is 0. The van der Waals surface area contributed by atoms with Crippen LogP contribution in [0.1, 0.15) is 33.4 Å². The quantitative estimate of drug-likeness (QED) is 0.394. The molecule has 0 spiro atoms. The molecule has 0 bridgehead atoms. The molecule has 3 aromatic rings. The second kappa shape index (κ2) is 12.9. The summed E-state index contributed by atoms with van der Waals surface area (Å²) in [6.45, 7) is 12.0. The monoisotopic (exact) mass is 382 g/mol. The van der Waals surface area contributed by atoms with Gasteiger partial charge in [0.1, 0.15) is 0 Å². The van der Waals surface area contributed by atoms with Gasteiger partial charge in [0.25, 0.3) is 0 Å². The van der Waals surface area contributed by atoms with E-state index in [9.17, 15) is 0 Å². The Bertz CT molecular complexity index is 609. The van der Waals surface area contributed by atoms with Crippen LogP contribution in [0.25, 0.3) is 0 Å². The first-order valence-corrected chi connectivity index (χ1v) is 8.81. The van der Waals surface area contributed by atoms with Crippen molar-refractivity contribution in [2.45, 2.75) is 41.2 Å². The van der Waals surface area contributed by atoms with E-state index >= 15 is 0 Å². The summed E-state index contributed by atoms with van der Waals surface area (Å²) in [6, 6.07) is 21.2. The molecule has 0 radical (unpaired) electrons. The summed E-state index contributed by atoms with van der Waals surface area (Å²) >= 11 is 0. The molecule has 140 valence electrons. The Labute approximate surface area is 175 Å². The standard InChI is InChI=1S/C10H15.C9H12N.C5H5.Ti/c1-6-7(2)9(4)10(5)8(6)3;1-10(2)8-9-6-4-3-5-7-9;1-2-4-5-3-1;/h1-5H3;3-6H,8H2,1-2H3;1-5H;/q3*-1;. The summed E-state index contributed by atoms with van der Waals surface area (Å²) in [7, 11) is 4.11. The smallest absolute Gasteiger partial charge is 0.000120 e. The van der Waals surface area contributed by atoms with E-state index in [-0.39, 0.29) is 21.7 Å². The molecular formula is C24H32NTi-3. The van der Waals surface area contributed by atoms with Crippen molar-refractivity contribution in [1.29, 1.82) is 0 Å². The van der Waals surface area contributed by atoms with Crippen LogP contribution in [0.3, 0.4) is 0 Å². The Balaban J connectivity index is 0.000000372. The van der Waals surface area contributed by atoms with Gasteiger partial charge in [0.05, 0.1) is 0 Å². The molecular weight excluding hydrogens is 350 g/mol. The van der Waals surface area contributed by atoms with Gasteiger partial charge in [-0.1, -0.05) is 34.6 Å². The maximum Gasteiger partial charge on any atom is 0.000120 e. The van der Waals surface area contributed by atoms with Gasteiger partial charge in [0, 0.05) is 28.3 Å². The number of hydrogen-bond donors (Lipinski definition) is 0. The van der Waals surface area contributed by atoms with Crippen LogP contribution in [0.5, 0.6) is 0 Å². The zero-order valence-corrected chi connectivity index (χ0v) is 18.9. The summed E-state index contributed by atoms with van der Waals surface area (Å²) in [4.78, 5) is 2.13. The van der Waals surface area contributed by atoms with E-state index in [1.54, 1.807) is 0 Å². The first-order chi connectivity index (χ1) is 11.8. The maximum absolute atomic E-state index is 3.16. The first-order valence-electron chi connectivity index (χ1n) is 8.81. The predicted molar refractivity (Wildman–Crippen MR) is 110 cm³/mol. The van der Waals surface area contributed by atoms with Crippen LogP contribution in [0.2, 0.25) is 0 Å². The Hall–Kier alpha value is -1.41. The molecule has 0 saturated carbocycles. The van der Waals surface area contributed by atoms with E-state index in [1.165, 1.54) is 33.4 Å². The van der Waals surface area contributed by atoms with Crippen LogP contribution in [-0.2, 0) is 28.3 Å². The molecule has 0 aliphatic rings. The number of benzene rings is 1. The summed E-state index contributed by atoms with van der Waals surface area (Å²) in [5.41, 5.74) is 8.58. The van der Waals surface area contributed by atoms with Gasteiger partial charge in [-0.25, -0.2) is 12.1 Å². The second-order valence-corrected chi connectivity index (χ2v) is 6.71. The first kappa shape index (κ1) is 24.6. The summed E-state index contributed by atoms with van der Waals surface area (Å²) in [6.07, 6.45) is 0. The van der Waals surface area contributed by atoms with Gasteiger partial charge in [-0.05, 0) is 14.1 Å². The molecule has 3 rings (SSSR count). The van der Waals surface area contributed by atoms with Crippen LogP contribution in [-0.4, -0.2) is 19.0 Å². The van der Waals surface area contributed by atoms with E-state index in [4.69, 9.17) is 0 Å². The summed E-state index contributed by atoms with van der Waals surface area (Å²) < 4.78 is 0. The van der Waals surface area contributed by atoms with E-state index in [1.807, 2.05) is 48.5 Å². The van der Waals surface area contributed by atoms with Crippen molar-refractivity contribution in [3.8, 4) is 0 Å². The molecule has 0 saturated heterocycles. The molecule has 0 aliphatic heterocycles. The normalized spacial score (nSPS) is 9.54. The Morgan fingerprint density at radius 2 is 1.46 bits per heavy atom. The molecule has 3 aromatic carbocycles. The third kappa shape index (κ3) is 8.32. The van der Waals surface area contributed by atoms with E-state index in [0.717, 1.165) is 6.54 Å². The summed E-state index contributed by atoms with van der Waals surface area (Å²) in [5, 5.41) is 0. The van der Waals surface area contributed by atoms with Crippen LogP contribution in [0.4, 0.5) is 0 Å². The van der Waals surface area contributed by atoms with Gasteiger partial charge in [0.15, 0.2) is 0 Å². The molecule has 0 fully saturated rings. The van der Waals surface area contributed by atoms with E-state index in [0.29, 0.717) is 0 Å². The fraction of sp³-hybridized carbons (Fsp3) is 0.333. The third-order valence-corrected chi connectivity index (χ3v) is 4.63. The topological polar surface area (TPSA) is 3.24 Å². The Morgan fingerprint density at radius 3 is 1.73 bits per heavy atom. The predicted octanol–water partition coefficient (Wildman–Crippen LogP) is 5.90. The van der Waals surface area contributed by atoms with Crippen molar-refractivity contribution >= 4 is 0 Å². The van der Waals surface area contributed by atoms with Gasteiger partial charge in [0.2, 0.25) is 0 Å². The van der Waals surface area contributed by atoms with Crippen molar-refractivity contribution in [1.82, 2.24) is 4.90 Å². The van der Waals surface area contributed by atoms with Gasteiger partial charge >= 0.3 is 0 Å². The van der Waals surface area contributed by atoms with Crippen molar-refractivity contribution in [2.24, 2.45) is 0 Å². The van der Waals surface area contributed by atoms with Crippen molar-refractivity contribution < 1.29 is 21.7 Å². The molecule has 0 atom stereocenters. The van der Waals surface area contributed by atoms with E-state index in [2.05, 4.69) is 65.7 Å². The van der Waals surface area contributed by atoms with Crippen LogP contribution >= 0.6 is 0 Å². The SMILES string of the molecule is CN(C)Cc1[c-]cccc1.Cc1c(C)c(C)[c-](C)c1C.[Ti].c1cc[cH-]c1. The molecule has 1 nitrogen and oxygen atoms in total. The number of hydrogen-bond acceptors (Lipinski definition) is 1. The van der Waals surface area contributed by atoms with Gasteiger partial charge in [-0.15, -0.1) is 5.56 Å². The fourth-order valence-electron chi connectivity index (χ4n) is 2.60. The molecule has 0 heterocycles. The zero-order valence-electron chi connectivity index (χ0n) is 17.4. The average molecular weight is 382 g/mol. The van der Waals surface area contributed by atoms with E-state index < -0.39 is 0 Å². The van der Waals surface area contributed by atoms with Crippen molar-refractivity contribution in [3.63, 3.8) is 0 Å². The number of rotatable bonds is 2. The molecule has 0 aromatic heterocycles. The van der Waals surface area contributed by atoms with Gasteiger partial charge < -0.3 is 4.90 Å². The van der Waals surface area contributed by atoms with Gasteiger partial charge in [-0.3, -0.25) is 0 Å². The Morgan fingerprint density at radius 1 is 0.923 bits per heavy atom. The minimum absolute atomic E-state index is 0. The molecule has 0 unspecified atom stereocenters. The van der Waals surface area contributed by atoms with Crippen LogP contribution in [0, 0.1) is 40.7 Å². The zero-order chi connectivity index (χ0) is 18.8. The molecule has 0 aliphatic carbocycles. The van der Waals surface area contributed by atoms with Gasteiger partial charge in [-0.2, -0.15) is 76.3 Å². The molecule has 0 N–H and O–H groups in total. The molecule has 2 heteroatoms. The van der Waals surface area contributed by atoms with Crippen molar-refractivity contribution in [2.75, 3.05) is 14.1 Å². The molecule has 26 heavy (non-hydrogen) atoms. The van der Waals surface area contributed by atoms with Crippen molar-refractivity contribution in [3.05, 3.63) is 94.0 Å². The molecule has 0 amide bonds. The average Bonchev–Trinajstić information content (AvgIpc) is 3.23. The number of nitrogens with zero attached hydrogens (tertiary/aromatic N) is 1. The fourth-order valence-corrected chi connectivity index (χ4v) is 2.60. The van der Waals surface area contributed by atoms with Crippen LogP contribution < -0.4 is 0 Å². The third-order valence-electron chi connectivity index (χ3n) is 4.63. The Kier molecular flexibility index (Phi) is 12.2.